The molecule has 0 bridgehead atoms. The molecule has 12 heteroatoms. The van der Waals surface area contributed by atoms with Crippen LogP contribution in [0.2, 0.25) is 0 Å². The number of aliphatic hydroxyl groups is 1. The molecule has 0 saturated carbocycles. The number of aliphatic hydroxyl groups excluding tert-OH is 1. The minimum Gasteiger partial charge on any atom is -0.593 e. The van der Waals surface area contributed by atoms with Gasteiger partial charge in [-0.15, -0.1) is 4.31 Å². The van der Waals surface area contributed by atoms with Crippen molar-refractivity contribution in [2.75, 3.05) is 18.4 Å². The lowest BCUT2D eigenvalue weighted by atomic mass is 9.98. The number of β-amino-alcohol motifs (C(OH)–C–C–N with tert-alkyl or cyclic N) is 1. The molecule has 4 aromatic rings. The van der Waals surface area contributed by atoms with Crippen LogP contribution in [0.25, 0.3) is 22.0 Å². The summed E-state index contributed by atoms with van der Waals surface area (Å²) >= 11 is -1.51. The maximum absolute atomic E-state index is 13.2. The molecule has 3 N–H and O–H groups in total. The van der Waals surface area contributed by atoms with Gasteiger partial charge in [-0.3, -0.25) is 5.10 Å². The molecule has 3 heterocycles. The fourth-order valence-corrected chi connectivity index (χ4v) is 5.75. The van der Waals surface area contributed by atoms with Crippen LogP contribution in [0, 0.1) is 18.3 Å². The number of H-pyrrole nitrogens is 1. The first-order chi connectivity index (χ1) is 18.1. The number of halogens is 3. The zero-order chi connectivity index (χ0) is 27.0. The summed E-state index contributed by atoms with van der Waals surface area (Å²) in [6, 6.07) is 15.0. The Morgan fingerprint density at radius 1 is 1.21 bits per heavy atom. The number of hydrogen-bond donors (Lipinski definition) is 3. The van der Waals surface area contributed by atoms with Crippen molar-refractivity contribution in [3.8, 4) is 17.2 Å². The molecule has 1 fully saturated rings. The Bertz CT molecular complexity index is 1480. The molecule has 8 nitrogen and oxygen atoms in total. The SMILES string of the molecule is Cc1cc2[nH]nc(C#N)c2cc1-c1ccc([S+]([O-])N2CC[C@@H](Nc3ccc(C(F)(F)F)cn3)[C@@H](O)C2)cc1. The summed E-state index contributed by atoms with van der Waals surface area (Å²) in [4.78, 5) is 4.38. The number of aryl methyl sites for hydroxylation is 1. The molecule has 0 amide bonds. The van der Waals surface area contributed by atoms with Crippen molar-refractivity contribution in [3.63, 3.8) is 0 Å². The number of pyridine rings is 1. The maximum atomic E-state index is 13.2. The van der Waals surface area contributed by atoms with Gasteiger partial charge in [0.2, 0.25) is 0 Å². The zero-order valence-corrected chi connectivity index (χ0v) is 21.0. The van der Waals surface area contributed by atoms with Crippen molar-refractivity contribution in [1.29, 1.82) is 5.26 Å². The molecular weight excluding hydrogens is 517 g/mol. The van der Waals surface area contributed by atoms with Crippen LogP contribution < -0.4 is 5.32 Å². The van der Waals surface area contributed by atoms with E-state index in [9.17, 15) is 28.1 Å². The van der Waals surface area contributed by atoms with E-state index in [-0.39, 0.29) is 12.4 Å². The van der Waals surface area contributed by atoms with E-state index in [2.05, 4.69) is 26.6 Å². The normalized spacial score (nSPS) is 19.3. The molecule has 196 valence electrons. The summed E-state index contributed by atoms with van der Waals surface area (Å²) in [5.41, 5.74) is 3.11. The summed E-state index contributed by atoms with van der Waals surface area (Å²) in [6.07, 6.45) is -4.18. The van der Waals surface area contributed by atoms with Gasteiger partial charge in [0.1, 0.15) is 11.9 Å². The third kappa shape index (κ3) is 5.19. The van der Waals surface area contributed by atoms with Crippen LogP contribution >= 0.6 is 0 Å². The third-order valence-corrected chi connectivity index (χ3v) is 8.06. The molecular formula is C26H23F3N6O2S. The number of benzene rings is 2. The van der Waals surface area contributed by atoms with Crippen LogP contribution in [-0.2, 0) is 17.5 Å². The van der Waals surface area contributed by atoms with Gasteiger partial charge in [0.05, 0.1) is 41.1 Å². The second-order valence-corrected chi connectivity index (χ2v) is 10.6. The predicted molar refractivity (Wildman–Crippen MR) is 136 cm³/mol. The molecule has 0 spiro atoms. The van der Waals surface area contributed by atoms with E-state index in [1.807, 2.05) is 31.2 Å². The van der Waals surface area contributed by atoms with Crippen molar-refractivity contribution < 1.29 is 22.8 Å². The Hall–Kier alpha value is -3.63. The molecule has 0 radical (unpaired) electrons. The number of hydrogen-bond acceptors (Lipinski definition) is 7. The number of nitriles is 1. The number of alkyl halides is 3. The van der Waals surface area contributed by atoms with Crippen LogP contribution in [0.15, 0.2) is 59.6 Å². The van der Waals surface area contributed by atoms with E-state index in [0.717, 1.165) is 39.9 Å². The van der Waals surface area contributed by atoms with Gasteiger partial charge in [0.15, 0.2) is 10.6 Å². The standard InChI is InChI=1S/C26H23F3N6O2S/c1-15-10-22-20(23(12-30)34-33-22)11-19(15)16-2-5-18(6-3-16)38(37)35-9-8-21(24(36)14-35)32-25-7-4-17(13-31-25)26(27,28)29/h2-7,10-11,13,21,24,36H,8-9,14H2,1H3,(H,31,32)(H,33,34)/t21-,24+,38?/m1/s1. The van der Waals surface area contributed by atoms with Crippen molar-refractivity contribution in [2.24, 2.45) is 0 Å². The molecule has 1 aliphatic heterocycles. The minimum atomic E-state index is -4.47. The van der Waals surface area contributed by atoms with Crippen LogP contribution in [0.5, 0.6) is 0 Å². The second-order valence-electron chi connectivity index (χ2n) is 9.09. The van der Waals surface area contributed by atoms with Crippen LogP contribution in [0.3, 0.4) is 0 Å². The minimum absolute atomic E-state index is 0.125. The van der Waals surface area contributed by atoms with Gasteiger partial charge in [0.25, 0.3) is 0 Å². The first-order valence-corrected chi connectivity index (χ1v) is 12.9. The molecule has 5 rings (SSSR count). The highest BCUT2D eigenvalue weighted by molar-refractivity contribution is 7.89. The third-order valence-electron chi connectivity index (χ3n) is 6.58. The summed E-state index contributed by atoms with van der Waals surface area (Å²) in [5.74, 6) is 0.234. The number of piperidine rings is 1. The average Bonchev–Trinajstić information content (AvgIpc) is 3.30. The Kier molecular flexibility index (Phi) is 7.02. The number of aromatic nitrogens is 3. The lowest BCUT2D eigenvalue weighted by Crippen LogP contribution is -2.51. The van der Waals surface area contributed by atoms with Gasteiger partial charge < -0.3 is 15.0 Å². The quantitative estimate of drug-likeness (QED) is 0.321. The van der Waals surface area contributed by atoms with E-state index in [0.29, 0.717) is 23.6 Å². The average molecular weight is 541 g/mol. The Balaban J connectivity index is 1.24. The van der Waals surface area contributed by atoms with Crippen LogP contribution in [0.4, 0.5) is 19.0 Å². The van der Waals surface area contributed by atoms with Gasteiger partial charge in [-0.25, -0.2) is 4.98 Å². The lowest BCUT2D eigenvalue weighted by molar-refractivity contribution is -0.137. The van der Waals surface area contributed by atoms with Crippen molar-refractivity contribution in [3.05, 3.63) is 71.5 Å². The lowest BCUT2D eigenvalue weighted by Gasteiger charge is -2.35. The first-order valence-electron chi connectivity index (χ1n) is 11.8. The van der Waals surface area contributed by atoms with E-state index >= 15 is 0 Å². The van der Waals surface area contributed by atoms with E-state index < -0.39 is 35.2 Å². The van der Waals surface area contributed by atoms with Gasteiger partial charge >= 0.3 is 6.18 Å². The van der Waals surface area contributed by atoms with Gasteiger partial charge in [-0.2, -0.15) is 23.5 Å². The zero-order valence-electron chi connectivity index (χ0n) is 20.2. The van der Waals surface area contributed by atoms with Crippen molar-refractivity contribution in [1.82, 2.24) is 19.5 Å². The largest absolute Gasteiger partial charge is 0.593 e. The number of nitrogens with zero attached hydrogens (tertiary/aromatic N) is 4. The monoisotopic (exact) mass is 540 g/mol. The summed E-state index contributed by atoms with van der Waals surface area (Å²) in [7, 11) is 0. The summed E-state index contributed by atoms with van der Waals surface area (Å²) < 4.78 is 53.1. The van der Waals surface area contributed by atoms with Crippen molar-refractivity contribution in [2.45, 2.75) is 36.6 Å². The molecule has 2 aromatic heterocycles. The van der Waals surface area contributed by atoms with Gasteiger partial charge in [-0.05, 0) is 78.6 Å². The fourth-order valence-electron chi connectivity index (χ4n) is 4.53. The van der Waals surface area contributed by atoms with E-state index in [4.69, 9.17) is 0 Å². The number of fused-ring (bicyclic) bond motifs is 1. The number of aromatic amines is 1. The van der Waals surface area contributed by atoms with E-state index in [1.54, 1.807) is 16.4 Å². The Morgan fingerprint density at radius 3 is 2.61 bits per heavy atom. The smallest absolute Gasteiger partial charge is 0.417 e. The number of rotatable bonds is 5. The summed E-state index contributed by atoms with van der Waals surface area (Å²) in [6.45, 7) is 2.50. The first kappa shape index (κ1) is 26.0. The maximum Gasteiger partial charge on any atom is 0.417 e. The molecule has 3 atom stereocenters. The van der Waals surface area contributed by atoms with Gasteiger partial charge in [-0.1, -0.05) is 0 Å². The molecule has 38 heavy (non-hydrogen) atoms. The molecule has 1 aliphatic rings. The molecule has 0 aliphatic carbocycles. The molecule has 1 saturated heterocycles. The molecule has 1 unspecified atom stereocenters. The Morgan fingerprint density at radius 2 is 1.97 bits per heavy atom. The van der Waals surface area contributed by atoms with Crippen LogP contribution in [0.1, 0.15) is 23.2 Å². The van der Waals surface area contributed by atoms with Gasteiger partial charge in [0, 0.05) is 18.1 Å². The van der Waals surface area contributed by atoms with Crippen LogP contribution in [-0.4, -0.2) is 54.4 Å². The number of anilines is 1. The van der Waals surface area contributed by atoms with E-state index in [1.165, 1.54) is 6.07 Å². The van der Waals surface area contributed by atoms with Crippen molar-refractivity contribution >= 4 is 28.1 Å². The topological polar surface area (TPSA) is 124 Å². The highest BCUT2D eigenvalue weighted by Crippen LogP contribution is 2.31. The highest BCUT2D eigenvalue weighted by atomic mass is 32.2. The second kappa shape index (κ2) is 10.3. The molecule has 2 aromatic carbocycles. The predicted octanol–water partition coefficient (Wildman–Crippen LogP) is 4.39. The Labute approximate surface area is 219 Å². The number of nitrogens with one attached hydrogen (secondary N) is 2. The fraction of sp³-hybridized carbons (Fsp3) is 0.269. The summed E-state index contributed by atoms with van der Waals surface area (Å²) in [5, 5.41) is 30.5. The highest BCUT2D eigenvalue weighted by Gasteiger charge is 2.35.